The molecule has 2 unspecified atom stereocenters. The summed E-state index contributed by atoms with van der Waals surface area (Å²) in [5, 5.41) is 2.02. The highest BCUT2D eigenvalue weighted by molar-refractivity contribution is 7.89. The molecule has 1 aliphatic rings. The van der Waals surface area contributed by atoms with E-state index in [1.165, 1.54) is 0 Å². The number of para-hydroxylation sites is 1. The summed E-state index contributed by atoms with van der Waals surface area (Å²) >= 11 is 0. The molecule has 0 aliphatic carbocycles. The van der Waals surface area contributed by atoms with E-state index in [1.54, 1.807) is 24.4 Å². The number of rotatable bonds is 6. The largest absolute Gasteiger partial charge is 0.361 e. The summed E-state index contributed by atoms with van der Waals surface area (Å²) in [5.74, 6) is 0. The van der Waals surface area contributed by atoms with Gasteiger partial charge in [0.2, 0.25) is 10.0 Å². The number of aromatic amines is 1. The molecule has 0 spiro atoms. The van der Waals surface area contributed by atoms with Gasteiger partial charge >= 0.3 is 0 Å². The smallest absolute Gasteiger partial charge is 0.240 e. The van der Waals surface area contributed by atoms with Gasteiger partial charge in [0.25, 0.3) is 0 Å². The topological polar surface area (TPSA) is 70.1 Å². The lowest BCUT2D eigenvalue weighted by Crippen LogP contribution is -2.37. The number of hydrogen-bond donors (Lipinski definition) is 2. The number of nitrogens with one attached hydrogen (secondary N) is 2. The van der Waals surface area contributed by atoms with Crippen LogP contribution in [-0.4, -0.2) is 48.7 Å². The molecule has 4 aromatic rings. The van der Waals surface area contributed by atoms with Crippen LogP contribution in [0.5, 0.6) is 0 Å². The van der Waals surface area contributed by atoms with E-state index in [1.807, 2.05) is 53.0 Å². The number of aryl methyl sites for hydroxylation is 1. The molecule has 1 saturated heterocycles. The van der Waals surface area contributed by atoms with E-state index in [-0.39, 0.29) is 17.5 Å². The van der Waals surface area contributed by atoms with Crippen LogP contribution in [0.15, 0.2) is 65.8 Å². The Bertz CT molecular complexity index is 1340. The highest BCUT2D eigenvalue weighted by Gasteiger charge is 2.32. The zero-order valence-corrected chi connectivity index (χ0v) is 18.1. The van der Waals surface area contributed by atoms with Crippen LogP contribution in [-0.2, 0) is 17.1 Å². The van der Waals surface area contributed by atoms with E-state index in [9.17, 15) is 12.8 Å². The zero-order valence-electron chi connectivity index (χ0n) is 17.3. The molecule has 2 aromatic carbocycles. The predicted octanol–water partition coefficient (Wildman–Crippen LogP) is 3.72. The highest BCUT2D eigenvalue weighted by Crippen LogP contribution is 2.32. The van der Waals surface area contributed by atoms with Gasteiger partial charge in [-0.1, -0.05) is 24.3 Å². The number of sulfonamides is 1. The summed E-state index contributed by atoms with van der Waals surface area (Å²) in [6.45, 7) is 1.08. The maximum absolute atomic E-state index is 14.0. The summed E-state index contributed by atoms with van der Waals surface area (Å²) < 4.78 is 45.0. The minimum Gasteiger partial charge on any atom is -0.361 e. The Labute approximate surface area is 180 Å². The number of hydrogen-bond acceptors (Lipinski definition) is 3. The summed E-state index contributed by atoms with van der Waals surface area (Å²) in [5.41, 5.74) is 2.85. The van der Waals surface area contributed by atoms with Crippen molar-refractivity contribution in [1.82, 2.24) is 19.2 Å². The number of nitrogens with zero attached hydrogens (tertiary/aromatic N) is 2. The molecule has 3 heterocycles. The Morgan fingerprint density at radius 3 is 2.87 bits per heavy atom. The predicted molar refractivity (Wildman–Crippen MR) is 120 cm³/mol. The van der Waals surface area contributed by atoms with Crippen molar-refractivity contribution < 1.29 is 12.8 Å². The molecule has 1 aliphatic heterocycles. The van der Waals surface area contributed by atoms with Crippen LogP contribution in [0.4, 0.5) is 4.39 Å². The molecule has 162 valence electrons. The third-order valence-electron chi connectivity index (χ3n) is 6.19. The van der Waals surface area contributed by atoms with Crippen LogP contribution in [0.25, 0.3) is 21.8 Å². The molecule has 1 fully saturated rings. The molecule has 6 nitrogen and oxygen atoms in total. The fourth-order valence-corrected chi connectivity index (χ4v) is 5.63. The molecule has 2 atom stereocenters. The molecule has 0 bridgehead atoms. The Morgan fingerprint density at radius 1 is 1.23 bits per heavy atom. The number of alkyl halides is 1. The molecule has 0 amide bonds. The Morgan fingerprint density at radius 2 is 2.06 bits per heavy atom. The van der Waals surface area contributed by atoms with Crippen LogP contribution in [0, 0.1) is 0 Å². The average molecular weight is 441 g/mol. The second kappa shape index (κ2) is 7.78. The van der Waals surface area contributed by atoms with Crippen molar-refractivity contribution in [3.05, 3.63) is 66.5 Å². The summed E-state index contributed by atoms with van der Waals surface area (Å²) in [7, 11) is -1.75. The first-order valence-corrected chi connectivity index (χ1v) is 11.9. The Kier molecular flexibility index (Phi) is 5.08. The zero-order chi connectivity index (χ0) is 21.6. The molecule has 5 rings (SSSR count). The summed E-state index contributed by atoms with van der Waals surface area (Å²) in [6, 6.07) is 14.7. The minimum atomic E-state index is -3.72. The van der Waals surface area contributed by atoms with Gasteiger partial charge in [-0.3, -0.25) is 4.90 Å². The number of aromatic nitrogens is 2. The van der Waals surface area contributed by atoms with Crippen molar-refractivity contribution >= 4 is 31.8 Å². The number of halogens is 1. The first-order valence-electron chi connectivity index (χ1n) is 10.4. The van der Waals surface area contributed by atoms with E-state index in [0.29, 0.717) is 19.5 Å². The maximum Gasteiger partial charge on any atom is 0.240 e. The van der Waals surface area contributed by atoms with E-state index in [0.717, 1.165) is 27.4 Å². The fraction of sp³-hybridized carbons (Fsp3) is 0.304. The van der Waals surface area contributed by atoms with Crippen LogP contribution in [0.3, 0.4) is 0 Å². The van der Waals surface area contributed by atoms with E-state index in [2.05, 4.69) is 9.71 Å². The van der Waals surface area contributed by atoms with Gasteiger partial charge in [0.05, 0.1) is 10.9 Å². The van der Waals surface area contributed by atoms with Crippen LogP contribution in [0.2, 0.25) is 0 Å². The molecular weight excluding hydrogens is 415 g/mol. The van der Waals surface area contributed by atoms with E-state index >= 15 is 0 Å². The van der Waals surface area contributed by atoms with Crippen molar-refractivity contribution in [2.24, 2.45) is 7.05 Å². The van der Waals surface area contributed by atoms with Gasteiger partial charge in [-0.2, -0.15) is 0 Å². The van der Waals surface area contributed by atoms with Crippen molar-refractivity contribution in [1.29, 1.82) is 0 Å². The lowest BCUT2D eigenvalue weighted by Gasteiger charge is -2.27. The first-order chi connectivity index (χ1) is 14.9. The quantitative estimate of drug-likeness (QED) is 0.480. The normalized spacial score (nSPS) is 18.8. The number of H-pyrrole nitrogens is 1. The molecule has 8 heteroatoms. The second-order valence-electron chi connectivity index (χ2n) is 8.19. The van der Waals surface area contributed by atoms with Gasteiger partial charge in [0.1, 0.15) is 6.17 Å². The standard InChI is InChI=1S/C23H25FN4O2S/c1-27-15-20(19-4-2-3-5-22(19)27)23(28-11-9-17(24)14-28)13-26-31(29,30)18-7-6-16-8-10-25-21(16)12-18/h2-8,10,12,15,17,23,25-26H,9,11,13-14H2,1H3. The van der Waals surface area contributed by atoms with Crippen LogP contribution >= 0.6 is 0 Å². The average Bonchev–Trinajstić information content (AvgIpc) is 3.48. The SMILES string of the molecule is Cn1cc(C(CNS(=O)(=O)c2ccc3cc[nH]c3c2)N2CCC(F)C2)c2ccccc21. The summed E-state index contributed by atoms with van der Waals surface area (Å²) in [6.07, 6.45) is 3.40. The fourth-order valence-electron chi connectivity index (χ4n) is 4.57. The third-order valence-corrected chi connectivity index (χ3v) is 7.61. The first kappa shape index (κ1) is 20.2. The van der Waals surface area contributed by atoms with Crippen LogP contribution in [0.1, 0.15) is 18.0 Å². The molecular formula is C23H25FN4O2S. The number of benzene rings is 2. The number of likely N-dealkylation sites (tertiary alicyclic amines) is 1. The molecule has 0 radical (unpaired) electrons. The lowest BCUT2D eigenvalue weighted by molar-refractivity contribution is 0.224. The molecule has 2 aromatic heterocycles. The highest BCUT2D eigenvalue weighted by atomic mass is 32.2. The minimum absolute atomic E-state index is 0.172. The Balaban J connectivity index is 1.47. The Hall–Kier alpha value is -2.68. The van der Waals surface area contributed by atoms with Crippen molar-refractivity contribution in [2.45, 2.75) is 23.5 Å². The van der Waals surface area contributed by atoms with Crippen LogP contribution < -0.4 is 4.72 Å². The van der Waals surface area contributed by atoms with Crippen molar-refractivity contribution in [3.8, 4) is 0 Å². The molecule has 0 saturated carbocycles. The molecule has 31 heavy (non-hydrogen) atoms. The lowest BCUT2D eigenvalue weighted by atomic mass is 10.0. The van der Waals surface area contributed by atoms with Gasteiger partial charge in [0.15, 0.2) is 0 Å². The van der Waals surface area contributed by atoms with Gasteiger partial charge in [0, 0.05) is 55.5 Å². The van der Waals surface area contributed by atoms with Gasteiger partial charge in [-0.25, -0.2) is 17.5 Å². The second-order valence-corrected chi connectivity index (χ2v) is 9.95. The number of fused-ring (bicyclic) bond motifs is 2. The van der Waals surface area contributed by atoms with Gasteiger partial charge in [-0.05, 0) is 41.6 Å². The van der Waals surface area contributed by atoms with Gasteiger partial charge < -0.3 is 9.55 Å². The van der Waals surface area contributed by atoms with Crippen molar-refractivity contribution in [2.75, 3.05) is 19.6 Å². The van der Waals surface area contributed by atoms with E-state index in [4.69, 9.17) is 0 Å². The summed E-state index contributed by atoms with van der Waals surface area (Å²) in [4.78, 5) is 5.31. The molecule has 2 N–H and O–H groups in total. The maximum atomic E-state index is 14.0. The van der Waals surface area contributed by atoms with Crippen molar-refractivity contribution in [3.63, 3.8) is 0 Å². The third kappa shape index (κ3) is 3.75. The monoisotopic (exact) mass is 440 g/mol. The van der Waals surface area contributed by atoms with E-state index < -0.39 is 16.2 Å². The van der Waals surface area contributed by atoms with Gasteiger partial charge in [-0.15, -0.1) is 0 Å².